The molecule has 30 heavy (non-hydrogen) atoms. The molecule has 1 amide bonds. The van der Waals surface area contributed by atoms with Crippen molar-refractivity contribution in [3.05, 3.63) is 80.0 Å². The average Bonchev–Trinajstić information content (AvgIpc) is 2.67. The SMILES string of the molecule is CC1(C)CC(=O)C2=C(C1)N(c1ccccc1[N+](=O)[O-])C(=O)CC2c1ccc(Br)cc1. The van der Waals surface area contributed by atoms with Crippen LogP contribution in [0.3, 0.4) is 0 Å². The van der Waals surface area contributed by atoms with Crippen LogP contribution in [0.4, 0.5) is 11.4 Å². The van der Waals surface area contributed by atoms with E-state index in [2.05, 4.69) is 15.9 Å². The Morgan fingerprint density at radius 3 is 2.40 bits per heavy atom. The van der Waals surface area contributed by atoms with Crippen LogP contribution in [0.25, 0.3) is 0 Å². The molecule has 154 valence electrons. The van der Waals surface area contributed by atoms with E-state index in [1.165, 1.54) is 11.0 Å². The zero-order valence-corrected chi connectivity index (χ0v) is 18.3. The van der Waals surface area contributed by atoms with Gasteiger partial charge in [0.1, 0.15) is 5.69 Å². The fourth-order valence-electron chi connectivity index (χ4n) is 4.48. The summed E-state index contributed by atoms with van der Waals surface area (Å²) in [6.07, 6.45) is 0.981. The second-order valence-corrected chi connectivity index (χ2v) is 9.50. The van der Waals surface area contributed by atoms with Crippen LogP contribution in [0.2, 0.25) is 0 Å². The molecule has 7 heteroatoms. The minimum atomic E-state index is -0.487. The molecule has 0 spiro atoms. The summed E-state index contributed by atoms with van der Waals surface area (Å²) in [6, 6.07) is 13.8. The molecular formula is C23H21BrN2O4. The standard InChI is InChI=1S/C23H21BrN2O4/c1-23(2)12-19-22(20(27)13-23)16(14-7-9-15(24)10-8-14)11-21(28)25(19)17-5-3-4-6-18(17)26(29)30/h3-10,16H,11-13H2,1-2H3. The van der Waals surface area contributed by atoms with E-state index in [1.54, 1.807) is 18.2 Å². The van der Waals surface area contributed by atoms with Crippen LogP contribution in [-0.4, -0.2) is 16.6 Å². The topological polar surface area (TPSA) is 80.5 Å². The minimum absolute atomic E-state index is 0.00486. The molecule has 2 aromatic rings. The van der Waals surface area contributed by atoms with Crippen molar-refractivity contribution in [3.63, 3.8) is 0 Å². The Hall–Kier alpha value is -2.80. The van der Waals surface area contributed by atoms with E-state index in [-0.39, 0.29) is 40.8 Å². The Bertz CT molecular complexity index is 1090. The zero-order valence-electron chi connectivity index (χ0n) is 16.7. The quantitative estimate of drug-likeness (QED) is 0.438. The lowest BCUT2D eigenvalue weighted by atomic mass is 9.69. The zero-order chi connectivity index (χ0) is 21.6. The summed E-state index contributed by atoms with van der Waals surface area (Å²) in [7, 11) is 0. The van der Waals surface area contributed by atoms with Crippen molar-refractivity contribution in [2.75, 3.05) is 4.90 Å². The number of nitro benzene ring substituents is 1. The van der Waals surface area contributed by atoms with Crippen molar-refractivity contribution in [2.24, 2.45) is 5.41 Å². The second-order valence-electron chi connectivity index (χ2n) is 8.58. The number of hydrogen-bond donors (Lipinski definition) is 0. The molecular weight excluding hydrogens is 448 g/mol. The van der Waals surface area contributed by atoms with E-state index in [9.17, 15) is 19.7 Å². The van der Waals surface area contributed by atoms with Crippen LogP contribution in [0.1, 0.15) is 44.6 Å². The number of ketones is 1. The number of rotatable bonds is 3. The largest absolute Gasteiger partial charge is 0.294 e. The smallest absolute Gasteiger partial charge is 0.293 e. The van der Waals surface area contributed by atoms with Crippen molar-refractivity contribution in [3.8, 4) is 0 Å². The molecule has 6 nitrogen and oxygen atoms in total. The fraction of sp³-hybridized carbons (Fsp3) is 0.304. The molecule has 0 bridgehead atoms. The van der Waals surface area contributed by atoms with Gasteiger partial charge in [-0.2, -0.15) is 0 Å². The van der Waals surface area contributed by atoms with Gasteiger partial charge in [0.2, 0.25) is 5.91 Å². The van der Waals surface area contributed by atoms with Gasteiger partial charge in [0, 0.05) is 40.6 Å². The fourth-order valence-corrected chi connectivity index (χ4v) is 4.75. The van der Waals surface area contributed by atoms with Gasteiger partial charge in [-0.15, -0.1) is 0 Å². The Morgan fingerprint density at radius 2 is 1.73 bits per heavy atom. The summed E-state index contributed by atoms with van der Waals surface area (Å²) in [5, 5.41) is 11.6. The normalized spacial score (nSPS) is 20.9. The number of para-hydroxylation sites is 2. The maximum Gasteiger partial charge on any atom is 0.293 e. The maximum absolute atomic E-state index is 13.3. The van der Waals surface area contributed by atoms with Gasteiger partial charge in [-0.25, -0.2) is 0 Å². The van der Waals surface area contributed by atoms with Crippen LogP contribution in [-0.2, 0) is 9.59 Å². The number of hydrogen-bond acceptors (Lipinski definition) is 4. The number of Topliss-reactive ketones (excluding diaryl/α,β-unsaturated/α-hetero) is 1. The van der Waals surface area contributed by atoms with E-state index >= 15 is 0 Å². The van der Waals surface area contributed by atoms with Crippen LogP contribution in [0, 0.1) is 15.5 Å². The molecule has 1 aliphatic heterocycles. The van der Waals surface area contributed by atoms with E-state index < -0.39 is 4.92 Å². The van der Waals surface area contributed by atoms with Gasteiger partial charge in [0.15, 0.2) is 5.78 Å². The van der Waals surface area contributed by atoms with Crippen molar-refractivity contribution in [2.45, 2.75) is 39.0 Å². The first-order valence-corrected chi connectivity index (χ1v) is 10.6. The van der Waals surface area contributed by atoms with E-state index in [4.69, 9.17) is 0 Å². The van der Waals surface area contributed by atoms with Crippen molar-refractivity contribution in [1.29, 1.82) is 0 Å². The molecule has 0 radical (unpaired) electrons. The number of amides is 1. The molecule has 1 aliphatic carbocycles. The monoisotopic (exact) mass is 468 g/mol. The number of allylic oxidation sites excluding steroid dienone is 2. The summed E-state index contributed by atoms with van der Waals surface area (Å²) < 4.78 is 0.917. The van der Waals surface area contributed by atoms with Gasteiger partial charge in [-0.1, -0.05) is 54.0 Å². The lowest BCUT2D eigenvalue weighted by Crippen LogP contribution is -2.44. The molecule has 0 N–H and O–H groups in total. The number of benzene rings is 2. The highest BCUT2D eigenvalue weighted by molar-refractivity contribution is 9.10. The first-order valence-electron chi connectivity index (χ1n) is 9.76. The van der Waals surface area contributed by atoms with Crippen molar-refractivity contribution in [1.82, 2.24) is 0 Å². The number of carbonyl (C=O) groups is 2. The Labute approximate surface area is 182 Å². The Kier molecular flexibility index (Phi) is 5.10. The highest BCUT2D eigenvalue weighted by Gasteiger charge is 2.45. The molecule has 1 heterocycles. The molecule has 2 aliphatic rings. The average molecular weight is 469 g/mol. The van der Waals surface area contributed by atoms with Crippen LogP contribution in [0.5, 0.6) is 0 Å². The third-order valence-corrected chi connectivity index (χ3v) is 6.26. The summed E-state index contributed by atoms with van der Waals surface area (Å²) in [5.41, 5.74) is 1.84. The van der Waals surface area contributed by atoms with Gasteiger partial charge >= 0.3 is 0 Å². The molecule has 2 aromatic carbocycles. The van der Waals surface area contributed by atoms with E-state index in [1.807, 2.05) is 38.1 Å². The predicted molar refractivity (Wildman–Crippen MR) is 117 cm³/mol. The minimum Gasteiger partial charge on any atom is -0.294 e. The molecule has 1 unspecified atom stereocenters. The third-order valence-electron chi connectivity index (χ3n) is 5.73. The molecule has 4 rings (SSSR count). The number of carbonyl (C=O) groups excluding carboxylic acids is 2. The highest BCUT2D eigenvalue weighted by Crippen LogP contribution is 2.49. The van der Waals surface area contributed by atoms with Gasteiger partial charge in [0.25, 0.3) is 5.69 Å². The predicted octanol–water partition coefficient (Wildman–Crippen LogP) is 5.52. The molecule has 0 saturated heterocycles. The molecule has 0 saturated carbocycles. The van der Waals surface area contributed by atoms with E-state index in [0.717, 1.165) is 10.0 Å². The van der Waals surface area contributed by atoms with E-state index in [0.29, 0.717) is 24.1 Å². The van der Waals surface area contributed by atoms with Gasteiger partial charge < -0.3 is 0 Å². The second kappa shape index (κ2) is 7.47. The summed E-state index contributed by atoms with van der Waals surface area (Å²) >= 11 is 3.42. The van der Waals surface area contributed by atoms with Crippen LogP contribution in [0.15, 0.2) is 64.3 Å². The number of anilines is 1. The highest BCUT2D eigenvalue weighted by atomic mass is 79.9. The first kappa shape index (κ1) is 20.5. The third kappa shape index (κ3) is 3.58. The molecule has 0 fully saturated rings. The molecule has 0 aromatic heterocycles. The first-order chi connectivity index (χ1) is 14.2. The van der Waals surface area contributed by atoms with Gasteiger partial charge in [-0.05, 0) is 35.6 Å². The number of nitrogens with zero attached hydrogens (tertiary/aromatic N) is 2. The van der Waals surface area contributed by atoms with Crippen LogP contribution < -0.4 is 4.90 Å². The Morgan fingerprint density at radius 1 is 1.07 bits per heavy atom. The van der Waals surface area contributed by atoms with Crippen molar-refractivity contribution < 1.29 is 14.5 Å². The van der Waals surface area contributed by atoms with Crippen molar-refractivity contribution >= 4 is 39.0 Å². The number of nitro groups is 1. The molecule has 1 atom stereocenters. The summed E-state index contributed by atoms with van der Waals surface area (Å²) in [4.78, 5) is 39.2. The van der Waals surface area contributed by atoms with Gasteiger partial charge in [0.05, 0.1) is 4.92 Å². The number of halogens is 1. The van der Waals surface area contributed by atoms with Gasteiger partial charge in [-0.3, -0.25) is 24.6 Å². The van der Waals surface area contributed by atoms with Crippen LogP contribution >= 0.6 is 15.9 Å². The maximum atomic E-state index is 13.3. The lowest BCUT2D eigenvalue weighted by Gasteiger charge is -2.42. The summed E-state index contributed by atoms with van der Waals surface area (Å²) in [5.74, 6) is -0.574. The summed E-state index contributed by atoms with van der Waals surface area (Å²) in [6.45, 7) is 3.97. The Balaban J connectivity index is 1.93. The lowest BCUT2D eigenvalue weighted by molar-refractivity contribution is -0.384.